The summed E-state index contributed by atoms with van der Waals surface area (Å²) >= 11 is 10.4. The molecule has 0 spiro atoms. The van der Waals surface area contributed by atoms with Gasteiger partial charge in [-0.1, -0.05) is 0 Å². The molecule has 1 aliphatic rings. The van der Waals surface area contributed by atoms with E-state index in [-0.39, 0.29) is 5.60 Å². The standard InChI is InChI=1S/C10H9Br3O2/c1-10(5-15-10)4-14-9-7(12)3-2-6(11)8(9)13/h2-3H,4-5H2,1H3. The maximum atomic E-state index is 5.73. The predicted octanol–water partition coefficient (Wildman–Crippen LogP) is 4.14. The lowest BCUT2D eigenvalue weighted by Gasteiger charge is -2.12. The van der Waals surface area contributed by atoms with Crippen molar-refractivity contribution < 1.29 is 9.47 Å². The molecule has 0 aliphatic carbocycles. The van der Waals surface area contributed by atoms with Gasteiger partial charge in [0.15, 0.2) is 0 Å². The molecule has 1 saturated heterocycles. The molecule has 1 unspecified atom stereocenters. The zero-order valence-corrected chi connectivity index (χ0v) is 12.8. The van der Waals surface area contributed by atoms with Crippen LogP contribution >= 0.6 is 47.8 Å². The van der Waals surface area contributed by atoms with Crippen LogP contribution in [0.1, 0.15) is 6.92 Å². The molecule has 2 nitrogen and oxygen atoms in total. The second-order valence-electron chi connectivity index (χ2n) is 3.70. The monoisotopic (exact) mass is 398 g/mol. The summed E-state index contributed by atoms with van der Waals surface area (Å²) < 4.78 is 13.8. The molecular weight excluding hydrogens is 392 g/mol. The minimum atomic E-state index is -0.0960. The molecule has 0 amide bonds. The maximum absolute atomic E-state index is 5.73. The Hall–Kier alpha value is 0.420. The number of benzene rings is 1. The third-order valence-electron chi connectivity index (χ3n) is 2.16. The van der Waals surface area contributed by atoms with Gasteiger partial charge in [0.25, 0.3) is 0 Å². The van der Waals surface area contributed by atoms with E-state index >= 15 is 0 Å². The van der Waals surface area contributed by atoms with Crippen LogP contribution in [0, 0.1) is 0 Å². The average Bonchev–Trinajstić information content (AvgIpc) is 2.91. The average molecular weight is 401 g/mol. The molecule has 0 aromatic heterocycles. The van der Waals surface area contributed by atoms with Crippen molar-refractivity contribution in [2.45, 2.75) is 12.5 Å². The summed E-state index contributed by atoms with van der Waals surface area (Å²) in [5, 5.41) is 0. The highest BCUT2D eigenvalue weighted by Crippen LogP contribution is 2.39. The quantitative estimate of drug-likeness (QED) is 0.562. The van der Waals surface area contributed by atoms with E-state index in [9.17, 15) is 0 Å². The Morgan fingerprint density at radius 1 is 1.33 bits per heavy atom. The maximum Gasteiger partial charge on any atom is 0.148 e. The van der Waals surface area contributed by atoms with Gasteiger partial charge in [0, 0.05) is 4.47 Å². The van der Waals surface area contributed by atoms with Gasteiger partial charge in [0.05, 0.1) is 15.6 Å². The van der Waals surface area contributed by atoms with Crippen LogP contribution in [0.5, 0.6) is 5.75 Å². The van der Waals surface area contributed by atoms with Gasteiger partial charge < -0.3 is 9.47 Å². The van der Waals surface area contributed by atoms with Crippen molar-refractivity contribution in [3.63, 3.8) is 0 Å². The van der Waals surface area contributed by atoms with Crippen LogP contribution in [0.3, 0.4) is 0 Å². The molecule has 5 heteroatoms. The second-order valence-corrected chi connectivity index (χ2v) is 6.20. The molecule has 0 N–H and O–H groups in total. The van der Waals surface area contributed by atoms with E-state index in [2.05, 4.69) is 47.8 Å². The Bertz CT molecular complexity index is 388. The molecule has 1 aliphatic heterocycles. The van der Waals surface area contributed by atoms with E-state index < -0.39 is 0 Å². The first kappa shape index (κ1) is 11.9. The van der Waals surface area contributed by atoms with Crippen LogP contribution in [0.25, 0.3) is 0 Å². The second kappa shape index (κ2) is 4.35. The van der Waals surface area contributed by atoms with Crippen molar-refractivity contribution in [1.82, 2.24) is 0 Å². The first-order valence-corrected chi connectivity index (χ1v) is 6.80. The van der Waals surface area contributed by atoms with Crippen LogP contribution in [0.15, 0.2) is 25.6 Å². The molecule has 1 fully saturated rings. The van der Waals surface area contributed by atoms with Gasteiger partial charge in [-0.05, 0) is 66.8 Å². The topological polar surface area (TPSA) is 21.8 Å². The van der Waals surface area contributed by atoms with Crippen molar-refractivity contribution in [3.8, 4) is 5.75 Å². The normalized spacial score (nSPS) is 24.0. The number of rotatable bonds is 3. The zero-order chi connectivity index (χ0) is 11.1. The van der Waals surface area contributed by atoms with Crippen molar-refractivity contribution in [2.24, 2.45) is 0 Å². The molecule has 1 atom stereocenters. The Morgan fingerprint density at radius 2 is 1.93 bits per heavy atom. The number of hydrogen-bond donors (Lipinski definition) is 0. The number of epoxide rings is 1. The molecule has 0 bridgehead atoms. The fraction of sp³-hybridized carbons (Fsp3) is 0.400. The van der Waals surface area contributed by atoms with Gasteiger partial charge in [-0.25, -0.2) is 0 Å². The molecule has 1 aromatic carbocycles. The number of ether oxygens (including phenoxy) is 2. The Labute approximate surface area is 114 Å². The van der Waals surface area contributed by atoms with E-state index in [1.54, 1.807) is 0 Å². The highest BCUT2D eigenvalue weighted by Gasteiger charge is 2.40. The van der Waals surface area contributed by atoms with Crippen LogP contribution in [0.2, 0.25) is 0 Å². The summed E-state index contributed by atoms with van der Waals surface area (Å²) in [5.74, 6) is 0.807. The van der Waals surface area contributed by atoms with Gasteiger partial charge in [0.1, 0.15) is 18.0 Å². The molecular formula is C10H9Br3O2. The summed E-state index contributed by atoms with van der Waals surface area (Å²) in [5.41, 5.74) is -0.0960. The van der Waals surface area contributed by atoms with Crippen LogP contribution in [0.4, 0.5) is 0 Å². The summed E-state index contributed by atoms with van der Waals surface area (Å²) in [4.78, 5) is 0. The van der Waals surface area contributed by atoms with Crippen LogP contribution in [-0.4, -0.2) is 18.8 Å². The number of halogens is 3. The Kier molecular flexibility index (Phi) is 3.45. The van der Waals surface area contributed by atoms with Crippen molar-refractivity contribution in [2.75, 3.05) is 13.2 Å². The largest absolute Gasteiger partial charge is 0.488 e. The summed E-state index contributed by atoms with van der Waals surface area (Å²) in [6, 6.07) is 3.90. The van der Waals surface area contributed by atoms with Crippen molar-refractivity contribution in [3.05, 3.63) is 25.6 Å². The van der Waals surface area contributed by atoms with Gasteiger partial charge in [-0.15, -0.1) is 0 Å². The molecule has 15 heavy (non-hydrogen) atoms. The Balaban J connectivity index is 2.16. The van der Waals surface area contributed by atoms with Crippen LogP contribution in [-0.2, 0) is 4.74 Å². The minimum absolute atomic E-state index is 0.0960. The third-order valence-corrected chi connectivity index (χ3v) is 4.77. The summed E-state index contributed by atoms with van der Waals surface area (Å²) in [6.45, 7) is 3.38. The lowest BCUT2D eigenvalue weighted by atomic mass is 10.2. The van der Waals surface area contributed by atoms with Gasteiger partial charge in [0.2, 0.25) is 0 Å². The molecule has 0 saturated carbocycles. The Morgan fingerprint density at radius 3 is 2.53 bits per heavy atom. The first-order chi connectivity index (χ1) is 7.02. The first-order valence-electron chi connectivity index (χ1n) is 4.42. The van der Waals surface area contributed by atoms with E-state index in [0.717, 1.165) is 25.8 Å². The predicted molar refractivity (Wildman–Crippen MR) is 69.4 cm³/mol. The lowest BCUT2D eigenvalue weighted by molar-refractivity contribution is 0.201. The highest BCUT2D eigenvalue weighted by molar-refractivity contribution is 9.13. The third kappa shape index (κ3) is 2.75. The molecule has 0 radical (unpaired) electrons. The summed E-state index contributed by atoms with van der Waals surface area (Å²) in [7, 11) is 0. The van der Waals surface area contributed by atoms with Gasteiger partial charge >= 0.3 is 0 Å². The van der Waals surface area contributed by atoms with E-state index in [1.807, 2.05) is 19.1 Å². The van der Waals surface area contributed by atoms with E-state index in [4.69, 9.17) is 9.47 Å². The van der Waals surface area contributed by atoms with E-state index in [1.165, 1.54) is 0 Å². The van der Waals surface area contributed by atoms with Gasteiger partial charge in [-0.2, -0.15) is 0 Å². The smallest absolute Gasteiger partial charge is 0.148 e. The molecule has 1 aromatic rings. The highest BCUT2D eigenvalue weighted by atomic mass is 79.9. The fourth-order valence-electron chi connectivity index (χ4n) is 1.07. The minimum Gasteiger partial charge on any atom is -0.488 e. The zero-order valence-electron chi connectivity index (χ0n) is 8.02. The van der Waals surface area contributed by atoms with E-state index in [0.29, 0.717) is 6.61 Å². The van der Waals surface area contributed by atoms with Crippen molar-refractivity contribution in [1.29, 1.82) is 0 Å². The molecule has 82 valence electrons. The number of hydrogen-bond acceptors (Lipinski definition) is 2. The molecule has 2 rings (SSSR count). The fourth-order valence-corrected chi connectivity index (χ4v) is 2.56. The lowest BCUT2D eigenvalue weighted by Crippen LogP contribution is -2.17. The molecule has 1 heterocycles. The van der Waals surface area contributed by atoms with Crippen molar-refractivity contribution >= 4 is 47.8 Å². The van der Waals surface area contributed by atoms with Crippen LogP contribution < -0.4 is 4.74 Å². The van der Waals surface area contributed by atoms with Gasteiger partial charge in [-0.3, -0.25) is 0 Å². The summed E-state index contributed by atoms with van der Waals surface area (Å²) in [6.07, 6.45) is 0. The SMILES string of the molecule is CC1(COc2c(Br)ccc(Br)c2Br)CO1.